The highest BCUT2D eigenvalue weighted by Crippen LogP contribution is 2.49. The van der Waals surface area contributed by atoms with Crippen molar-refractivity contribution in [2.75, 3.05) is 13.2 Å². The average Bonchev–Trinajstić information content (AvgIpc) is 3.12. The number of hydrogen-bond acceptors (Lipinski definition) is 4. The number of aromatic hydroxyl groups is 1. The summed E-state index contributed by atoms with van der Waals surface area (Å²) in [5, 5.41) is 23.4. The third kappa shape index (κ3) is 3.40. The highest BCUT2D eigenvalue weighted by atomic mass is 16.5. The summed E-state index contributed by atoms with van der Waals surface area (Å²) in [6, 6.07) is 15.7. The molecule has 0 bridgehead atoms. The highest BCUT2D eigenvalue weighted by Gasteiger charge is 2.49. The minimum absolute atomic E-state index is 0.0482. The number of carboxylic acids is 1. The molecule has 0 saturated carbocycles. The summed E-state index contributed by atoms with van der Waals surface area (Å²) in [5.41, 5.74) is 2.42. The van der Waals surface area contributed by atoms with Gasteiger partial charge in [0.1, 0.15) is 5.75 Å². The zero-order valence-electron chi connectivity index (χ0n) is 16.1. The van der Waals surface area contributed by atoms with Gasteiger partial charge in [0.25, 0.3) is 0 Å². The first-order chi connectivity index (χ1) is 13.5. The molecule has 4 atom stereocenters. The van der Waals surface area contributed by atoms with Gasteiger partial charge >= 0.3 is 5.97 Å². The number of aliphatic carboxylic acids is 1. The molecule has 2 aromatic rings. The number of phenols is 1. The van der Waals surface area contributed by atoms with Gasteiger partial charge in [-0.2, -0.15) is 0 Å². The maximum atomic E-state index is 11.4. The lowest BCUT2D eigenvalue weighted by atomic mass is 9.76. The Morgan fingerprint density at radius 2 is 2.04 bits per heavy atom. The fourth-order valence-electron chi connectivity index (χ4n) is 4.72. The van der Waals surface area contributed by atoms with Crippen molar-refractivity contribution >= 4 is 5.97 Å². The van der Waals surface area contributed by atoms with Crippen LogP contribution in [0, 0.1) is 0 Å². The van der Waals surface area contributed by atoms with Crippen LogP contribution in [0.15, 0.2) is 48.5 Å². The Morgan fingerprint density at radius 3 is 2.79 bits per heavy atom. The number of carboxylic acid groups (broad SMARTS) is 1. The van der Waals surface area contributed by atoms with E-state index < -0.39 is 11.9 Å². The SMILES string of the molecule is CC(C(=O)O)c1ccc(O)c([C@H]2CO[C@]3(CCCN[C@H]3c3ccccc3)C2)c1. The molecule has 2 aromatic carbocycles. The van der Waals surface area contributed by atoms with Crippen molar-refractivity contribution in [2.45, 2.75) is 49.7 Å². The smallest absolute Gasteiger partial charge is 0.310 e. The van der Waals surface area contributed by atoms with Crippen LogP contribution in [0.25, 0.3) is 0 Å². The first-order valence-corrected chi connectivity index (χ1v) is 9.98. The molecule has 0 aliphatic carbocycles. The van der Waals surface area contributed by atoms with E-state index in [1.807, 2.05) is 24.3 Å². The maximum absolute atomic E-state index is 11.4. The van der Waals surface area contributed by atoms with E-state index in [1.165, 1.54) is 5.56 Å². The zero-order valence-corrected chi connectivity index (χ0v) is 16.1. The van der Waals surface area contributed by atoms with Gasteiger partial charge in [0, 0.05) is 5.92 Å². The second-order valence-corrected chi connectivity index (χ2v) is 8.06. The molecule has 2 heterocycles. The molecule has 148 valence electrons. The molecule has 2 fully saturated rings. The van der Waals surface area contributed by atoms with Gasteiger partial charge in [0.15, 0.2) is 0 Å². The van der Waals surface area contributed by atoms with Crippen LogP contribution in [0.2, 0.25) is 0 Å². The Morgan fingerprint density at radius 1 is 1.25 bits per heavy atom. The summed E-state index contributed by atoms with van der Waals surface area (Å²) in [7, 11) is 0. The largest absolute Gasteiger partial charge is 0.508 e. The van der Waals surface area contributed by atoms with Crippen LogP contribution in [0.5, 0.6) is 5.75 Å². The van der Waals surface area contributed by atoms with Gasteiger partial charge in [-0.1, -0.05) is 42.5 Å². The molecular formula is C23H27NO4. The number of nitrogens with one attached hydrogen (secondary N) is 1. The van der Waals surface area contributed by atoms with Crippen molar-refractivity contribution in [1.29, 1.82) is 0 Å². The summed E-state index contributed by atoms with van der Waals surface area (Å²) in [6.45, 7) is 3.16. The molecule has 0 amide bonds. The van der Waals surface area contributed by atoms with Crippen molar-refractivity contribution in [3.8, 4) is 5.75 Å². The Kier molecular flexibility index (Phi) is 5.13. The van der Waals surface area contributed by atoms with Gasteiger partial charge in [0.2, 0.25) is 0 Å². The standard InChI is InChI=1S/C23H27NO4/c1-15(22(26)27)17-8-9-20(25)19(12-17)18-13-23(28-14-18)10-5-11-24-21(23)16-6-3-2-4-7-16/h2-4,6-9,12,15,18,21,24-25H,5,10-11,13-14H2,1H3,(H,26,27)/t15?,18-,21+,23-/m1/s1. The molecule has 2 aliphatic heterocycles. The van der Waals surface area contributed by atoms with Crippen LogP contribution in [-0.2, 0) is 9.53 Å². The third-order valence-corrected chi connectivity index (χ3v) is 6.31. The van der Waals surface area contributed by atoms with E-state index in [4.69, 9.17) is 4.74 Å². The number of ether oxygens (including phenoxy) is 1. The molecule has 2 aliphatic rings. The van der Waals surface area contributed by atoms with Crippen LogP contribution in [0.1, 0.15) is 60.8 Å². The second-order valence-electron chi connectivity index (χ2n) is 8.06. The molecule has 2 saturated heterocycles. The van der Waals surface area contributed by atoms with Gasteiger partial charge in [-0.15, -0.1) is 0 Å². The quantitative estimate of drug-likeness (QED) is 0.747. The zero-order chi connectivity index (χ0) is 19.7. The fourth-order valence-corrected chi connectivity index (χ4v) is 4.72. The van der Waals surface area contributed by atoms with Crippen molar-refractivity contribution in [3.63, 3.8) is 0 Å². The van der Waals surface area contributed by atoms with Crippen LogP contribution < -0.4 is 5.32 Å². The molecule has 28 heavy (non-hydrogen) atoms. The molecule has 1 unspecified atom stereocenters. The average molecular weight is 381 g/mol. The number of carbonyl (C=O) groups is 1. The second kappa shape index (κ2) is 7.57. The van der Waals surface area contributed by atoms with E-state index in [-0.39, 0.29) is 23.3 Å². The predicted octanol–water partition coefficient (Wildman–Crippen LogP) is 3.95. The van der Waals surface area contributed by atoms with E-state index >= 15 is 0 Å². The Balaban J connectivity index is 1.63. The minimum atomic E-state index is -0.864. The lowest BCUT2D eigenvalue weighted by Gasteiger charge is -2.41. The van der Waals surface area contributed by atoms with Crippen LogP contribution in [0.4, 0.5) is 0 Å². The normalized spacial score (nSPS) is 28.3. The van der Waals surface area contributed by atoms with Gasteiger partial charge in [0.05, 0.1) is 24.2 Å². The third-order valence-electron chi connectivity index (χ3n) is 6.31. The molecule has 3 N–H and O–H groups in total. The highest BCUT2D eigenvalue weighted by molar-refractivity contribution is 5.75. The minimum Gasteiger partial charge on any atom is -0.508 e. The number of rotatable bonds is 4. The lowest BCUT2D eigenvalue weighted by Crippen LogP contribution is -2.48. The fraction of sp³-hybridized carbons (Fsp3) is 0.435. The van der Waals surface area contributed by atoms with Crippen LogP contribution in [-0.4, -0.2) is 34.9 Å². The Hall–Kier alpha value is -2.37. The molecule has 0 aromatic heterocycles. The molecule has 5 heteroatoms. The van der Waals surface area contributed by atoms with Gasteiger partial charge < -0.3 is 20.3 Å². The van der Waals surface area contributed by atoms with E-state index in [0.29, 0.717) is 12.2 Å². The monoisotopic (exact) mass is 381 g/mol. The topological polar surface area (TPSA) is 78.8 Å². The summed E-state index contributed by atoms with van der Waals surface area (Å²) < 4.78 is 6.43. The van der Waals surface area contributed by atoms with Gasteiger partial charge in [-0.05, 0) is 55.5 Å². The maximum Gasteiger partial charge on any atom is 0.310 e. The number of benzene rings is 2. The number of piperidine rings is 1. The molecule has 1 spiro atoms. The van der Waals surface area contributed by atoms with E-state index in [0.717, 1.165) is 31.4 Å². The van der Waals surface area contributed by atoms with Crippen molar-refractivity contribution < 1.29 is 19.7 Å². The first kappa shape index (κ1) is 19.0. The van der Waals surface area contributed by atoms with Crippen molar-refractivity contribution in [3.05, 3.63) is 65.2 Å². The lowest BCUT2D eigenvalue weighted by molar-refractivity contribution is -0.138. The summed E-state index contributed by atoms with van der Waals surface area (Å²) in [4.78, 5) is 11.4. The summed E-state index contributed by atoms with van der Waals surface area (Å²) >= 11 is 0. The van der Waals surface area contributed by atoms with Gasteiger partial charge in [-0.3, -0.25) is 4.79 Å². The molecule has 0 radical (unpaired) electrons. The number of hydrogen-bond donors (Lipinski definition) is 3. The first-order valence-electron chi connectivity index (χ1n) is 9.98. The Labute approximate surface area is 165 Å². The van der Waals surface area contributed by atoms with E-state index in [2.05, 4.69) is 17.4 Å². The van der Waals surface area contributed by atoms with E-state index in [9.17, 15) is 15.0 Å². The van der Waals surface area contributed by atoms with E-state index in [1.54, 1.807) is 19.1 Å². The van der Waals surface area contributed by atoms with Crippen LogP contribution >= 0.6 is 0 Å². The molecular weight excluding hydrogens is 354 g/mol. The van der Waals surface area contributed by atoms with Crippen LogP contribution in [0.3, 0.4) is 0 Å². The summed E-state index contributed by atoms with van der Waals surface area (Å²) in [5.74, 6) is -1.21. The summed E-state index contributed by atoms with van der Waals surface area (Å²) in [6.07, 6.45) is 2.83. The number of phenolic OH excluding ortho intramolecular Hbond substituents is 1. The Bertz CT molecular complexity index is 853. The van der Waals surface area contributed by atoms with Crippen molar-refractivity contribution in [1.82, 2.24) is 5.32 Å². The van der Waals surface area contributed by atoms with Gasteiger partial charge in [-0.25, -0.2) is 0 Å². The van der Waals surface area contributed by atoms with Crippen molar-refractivity contribution in [2.24, 2.45) is 0 Å². The predicted molar refractivity (Wildman–Crippen MR) is 107 cm³/mol. The molecule has 4 rings (SSSR count). The molecule has 5 nitrogen and oxygen atoms in total.